The van der Waals surface area contributed by atoms with Crippen molar-refractivity contribution in [2.45, 2.75) is 0 Å². The molecule has 128 valence electrons. The van der Waals surface area contributed by atoms with Crippen LogP contribution in [0.5, 0.6) is 0 Å². The molecule has 1 heterocycles. The molecule has 0 unspecified atom stereocenters. The molecule has 0 bridgehead atoms. The van der Waals surface area contributed by atoms with E-state index in [0.717, 1.165) is 43.8 Å². The number of carbonyl (C=O) groups is 3. The molecule has 1 aliphatic heterocycles. The van der Waals surface area contributed by atoms with Gasteiger partial charge in [0.1, 0.15) is 6.54 Å². The van der Waals surface area contributed by atoms with Gasteiger partial charge in [0.15, 0.2) is 0 Å². The van der Waals surface area contributed by atoms with Gasteiger partial charge in [0.2, 0.25) is 0 Å². The first kappa shape index (κ1) is 16.4. The monoisotopic (exact) mass is 363 g/mol. The Morgan fingerprint density at radius 2 is 1.58 bits per heavy atom. The summed E-state index contributed by atoms with van der Waals surface area (Å²) in [6, 6.07) is 17.7. The summed E-state index contributed by atoms with van der Waals surface area (Å²) in [5.41, 5.74) is 0.847. The Hall–Kier alpha value is -3.12. The van der Waals surface area contributed by atoms with E-state index in [2.05, 4.69) is 6.07 Å². The van der Waals surface area contributed by atoms with Gasteiger partial charge in [-0.05, 0) is 51.0 Å². The number of benzene rings is 3. The van der Waals surface area contributed by atoms with Gasteiger partial charge in [-0.2, -0.15) is 0 Å². The molecule has 26 heavy (non-hydrogen) atoms. The minimum atomic E-state index is -1.22. The van der Waals surface area contributed by atoms with Crippen molar-refractivity contribution in [1.82, 2.24) is 4.90 Å². The average Bonchev–Trinajstić information content (AvgIpc) is 2.88. The maximum atomic E-state index is 12.5. The molecule has 0 spiro atoms. The molecule has 5 nitrogen and oxygen atoms in total. The van der Waals surface area contributed by atoms with E-state index in [-0.39, 0.29) is 4.91 Å². The number of carboxylic acid groups (broad SMARTS) is 1. The van der Waals surface area contributed by atoms with Gasteiger partial charge < -0.3 is 5.11 Å². The van der Waals surface area contributed by atoms with Crippen molar-refractivity contribution in [2.75, 3.05) is 6.54 Å². The molecule has 3 aromatic rings. The molecule has 1 fully saturated rings. The minimum absolute atomic E-state index is 0.234. The zero-order valence-corrected chi connectivity index (χ0v) is 14.3. The maximum absolute atomic E-state index is 12.5. The van der Waals surface area contributed by atoms with Crippen LogP contribution in [0.4, 0.5) is 4.79 Å². The van der Waals surface area contributed by atoms with Crippen LogP contribution in [0.25, 0.3) is 27.6 Å². The van der Waals surface area contributed by atoms with Crippen molar-refractivity contribution < 1.29 is 19.5 Å². The van der Waals surface area contributed by atoms with Gasteiger partial charge in [0.05, 0.1) is 4.91 Å². The third-order valence-electron chi connectivity index (χ3n) is 4.26. The molecule has 3 aromatic carbocycles. The lowest BCUT2D eigenvalue weighted by Gasteiger charge is -2.10. The van der Waals surface area contributed by atoms with Crippen LogP contribution in [0, 0.1) is 0 Å². The van der Waals surface area contributed by atoms with Gasteiger partial charge in [-0.3, -0.25) is 19.3 Å². The Morgan fingerprint density at radius 3 is 2.15 bits per heavy atom. The Balaban J connectivity index is 1.91. The number of carboxylic acids is 1. The number of amides is 2. The largest absolute Gasteiger partial charge is 0.480 e. The quantitative estimate of drug-likeness (QED) is 0.560. The summed E-state index contributed by atoms with van der Waals surface area (Å²) in [6.07, 6.45) is 1.69. The van der Waals surface area contributed by atoms with Crippen LogP contribution in [-0.4, -0.2) is 33.7 Å². The molecule has 0 aliphatic carbocycles. The number of imide groups is 1. The summed E-state index contributed by atoms with van der Waals surface area (Å²) in [6.45, 7) is -0.627. The Kier molecular flexibility index (Phi) is 3.97. The van der Waals surface area contributed by atoms with E-state index < -0.39 is 23.7 Å². The zero-order valence-electron chi connectivity index (χ0n) is 13.5. The number of carbonyl (C=O) groups excluding carboxylic acids is 2. The molecule has 0 atom stereocenters. The number of hydrogen-bond acceptors (Lipinski definition) is 4. The first-order chi connectivity index (χ1) is 12.5. The topological polar surface area (TPSA) is 74.7 Å². The van der Waals surface area contributed by atoms with Gasteiger partial charge in [-0.1, -0.05) is 48.5 Å². The summed E-state index contributed by atoms with van der Waals surface area (Å²) in [7, 11) is 0. The fraction of sp³-hybridized carbons (Fsp3) is 0.0500. The predicted molar refractivity (Wildman–Crippen MR) is 102 cm³/mol. The standard InChI is InChI=1S/C20H13NO4S/c22-18(23)11-21-19(24)17(26-20(21)25)10-16-14-7-3-1-5-12(14)9-13-6-2-4-8-15(13)16/h1-10H,11H2,(H,22,23)/b17-10-. The fourth-order valence-corrected chi connectivity index (χ4v) is 3.93. The highest BCUT2D eigenvalue weighted by molar-refractivity contribution is 8.18. The average molecular weight is 363 g/mol. The van der Waals surface area contributed by atoms with Crippen molar-refractivity contribution >= 4 is 56.5 Å². The van der Waals surface area contributed by atoms with E-state index in [9.17, 15) is 14.4 Å². The van der Waals surface area contributed by atoms with E-state index in [1.807, 2.05) is 48.5 Å². The van der Waals surface area contributed by atoms with Gasteiger partial charge >= 0.3 is 5.97 Å². The lowest BCUT2D eigenvalue weighted by molar-refractivity contribution is -0.140. The van der Waals surface area contributed by atoms with Crippen LogP contribution in [0.1, 0.15) is 5.56 Å². The number of fused-ring (bicyclic) bond motifs is 2. The highest BCUT2D eigenvalue weighted by atomic mass is 32.2. The van der Waals surface area contributed by atoms with Crippen LogP contribution >= 0.6 is 11.8 Å². The molecule has 6 heteroatoms. The van der Waals surface area contributed by atoms with Gasteiger partial charge in [0, 0.05) is 0 Å². The normalized spacial score (nSPS) is 16.2. The van der Waals surface area contributed by atoms with Gasteiger partial charge in [0.25, 0.3) is 11.1 Å². The van der Waals surface area contributed by atoms with Crippen LogP contribution in [0.2, 0.25) is 0 Å². The lowest BCUT2D eigenvalue weighted by atomic mass is 9.96. The van der Waals surface area contributed by atoms with Crippen molar-refractivity contribution in [3.8, 4) is 0 Å². The third kappa shape index (κ3) is 2.74. The molecule has 1 aliphatic rings. The first-order valence-electron chi connectivity index (χ1n) is 7.92. The Morgan fingerprint density at radius 1 is 1.00 bits per heavy atom. The molecule has 0 aromatic heterocycles. The van der Waals surface area contributed by atoms with E-state index >= 15 is 0 Å². The van der Waals surface area contributed by atoms with Crippen LogP contribution in [0.15, 0.2) is 59.5 Å². The third-order valence-corrected chi connectivity index (χ3v) is 5.16. The molecule has 0 radical (unpaired) electrons. The smallest absolute Gasteiger partial charge is 0.323 e. The van der Waals surface area contributed by atoms with Crippen LogP contribution in [-0.2, 0) is 9.59 Å². The second-order valence-corrected chi connectivity index (χ2v) is 6.89. The predicted octanol–water partition coefficient (Wildman–Crippen LogP) is 4.11. The highest BCUT2D eigenvalue weighted by Crippen LogP contribution is 2.36. The van der Waals surface area contributed by atoms with Crippen LogP contribution < -0.4 is 0 Å². The number of nitrogens with zero attached hydrogens (tertiary/aromatic N) is 1. The molecule has 1 saturated heterocycles. The second kappa shape index (κ2) is 6.31. The number of rotatable bonds is 3. The van der Waals surface area contributed by atoms with Gasteiger partial charge in [-0.25, -0.2) is 0 Å². The molecular weight excluding hydrogens is 350 g/mol. The molecule has 0 saturated carbocycles. The van der Waals surface area contributed by atoms with Crippen molar-refractivity contribution in [1.29, 1.82) is 0 Å². The van der Waals surface area contributed by atoms with Gasteiger partial charge in [-0.15, -0.1) is 0 Å². The van der Waals surface area contributed by atoms with Crippen molar-refractivity contribution in [3.63, 3.8) is 0 Å². The van der Waals surface area contributed by atoms with Crippen molar-refractivity contribution in [3.05, 3.63) is 65.1 Å². The van der Waals surface area contributed by atoms with E-state index in [1.165, 1.54) is 0 Å². The van der Waals surface area contributed by atoms with Crippen LogP contribution in [0.3, 0.4) is 0 Å². The summed E-state index contributed by atoms with van der Waals surface area (Å²) in [4.78, 5) is 36.4. The molecule has 2 amide bonds. The second-order valence-electron chi connectivity index (χ2n) is 5.89. The minimum Gasteiger partial charge on any atom is -0.480 e. The number of thioether (sulfide) groups is 1. The number of aliphatic carboxylic acids is 1. The van der Waals surface area contributed by atoms with E-state index in [1.54, 1.807) is 6.08 Å². The fourth-order valence-electron chi connectivity index (χ4n) is 3.11. The summed E-state index contributed by atoms with van der Waals surface area (Å²) >= 11 is 0.771. The molecule has 4 rings (SSSR count). The molecular formula is C20H13NO4S. The number of hydrogen-bond donors (Lipinski definition) is 1. The lowest BCUT2D eigenvalue weighted by Crippen LogP contribution is -2.33. The first-order valence-corrected chi connectivity index (χ1v) is 8.74. The highest BCUT2D eigenvalue weighted by Gasteiger charge is 2.36. The SMILES string of the molecule is O=C(O)CN1C(=O)S/C(=C\c2c3ccccc3cc3ccccc23)C1=O. The van der Waals surface area contributed by atoms with E-state index in [4.69, 9.17) is 5.11 Å². The van der Waals surface area contributed by atoms with Crippen molar-refractivity contribution in [2.24, 2.45) is 0 Å². The van der Waals surface area contributed by atoms with E-state index in [0.29, 0.717) is 0 Å². The summed E-state index contributed by atoms with van der Waals surface area (Å²) in [5.74, 6) is -1.79. The Bertz CT molecular complexity index is 1070. The maximum Gasteiger partial charge on any atom is 0.323 e. The molecule has 1 N–H and O–H groups in total. The zero-order chi connectivity index (χ0) is 18.3. The summed E-state index contributed by atoms with van der Waals surface area (Å²) < 4.78 is 0. The Labute approximate surface area is 152 Å². The summed E-state index contributed by atoms with van der Waals surface area (Å²) in [5, 5.41) is 12.3.